The molecule has 5 rings (SSSR count). The number of nitrogens with one attached hydrogen (secondary N) is 2. The zero-order valence-electron chi connectivity index (χ0n) is 28.1. The van der Waals surface area contributed by atoms with Crippen molar-refractivity contribution in [3.8, 4) is 28.4 Å². The minimum atomic E-state index is -0.637. The van der Waals surface area contributed by atoms with Crippen molar-refractivity contribution in [1.29, 1.82) is 0 Å². The summed E-state index contributed by atoms with van der Waals surface area (Å²) in [5, 5.41) is 6.39. The summed E-state index contributed by atoms with van der Waals surface area (Å²) < 4.78 is 23.3. The van der Waals surface area contributed by atoms with E-state index in [0.29, 0.717) is 61.0 Å². The van der Waals surface area contributed by atoms with Crippen molar-refractivity contribution in [1.82, 2.24) is 10.2 Å². The second kappa shape index (κ2) is 14.9. The fraction of sp³-hybridized carbons (Fsp3) is 0.432. The molecule has 1 unspecified atom stereocenters. The number of rotatable bonds is 10. The van der Waals surface area contributed by atoms with Gasteiger partial charge in [0, 0.05) is 19.0 Å². The molecule has 3 aromatic rings. The zero-order valence-corrected chi connectivity index (χ0v) is 28.1. The van der Waals surface area contributed by atoms with Gasteiger partial charge in [-0.25, -0.2) is 0 Å². The lowest BCUT2D eigenvalue weighted by Crippen LogP contribution is -2.51. The van der Waals surface area contributed by atoms with Crippen molar-refractivity contribution >= 4 is 17.5 Å². The van der Waals surface area contributed by atoms with Crippen molar-refractivity contribution < 1.29 is 28.5 Å². The van der Waals surface area contributed by atoms with E-state index in [0.717, 1.165) is 28.7 Å². The predicted octanol–water partition coefficient (Wildman–Crippen LogP) is 5.29. The fourth-order valence-electron chi connectivity index (χ4n) is 6.59. The molecule has 10 nitrogen and oxygen atoms in total. The van der Waals surface area contributed by atoms with E-state index in [-0.39, 0.29) is 29.3 Å². The van der Waals surface area contributed by atoms with Gasteiger partial charge in [-0.15, -0.1) is 0 Å². The Bertz CT molecular complexity index is 1660. The van der Waals surface area contributed by atoms with E-state index in [1.54, 1.807) is 33.5 Å². The molecular formula is C37H45N3O7. The first-order chi connectivity index (χ1) is 22.7. The number of amides is 2. The average Bonchev–Trinajstić information content (AvgIpc) is 3.33. The molecule has 1 heterocycles. The Labute approximate surface area is 276 Å². The van der Waals surface area contributed by atoms with Crippen LogP contribution in [-0.2, 0) is 20.7 Å². The van der Waals surface area contributed by atoms with Crippen LogP contribution in [0.25, 0.3) is 11.1 Å². The van der Waals surface area contributed by atoms with Crippen LogP contribution in [0, 0.1) is 5.92 Å². The highest BCUT2D eigenvalue weighted by molar-refractivity contribution is 5.86. The third-order valence-corrected chi connectivity index (χ3v) is 9.26. The second-order valence-corrected chi connectivity index (χ2v) is 12.2. The number of methoxy groups -OCH3 is 3. The quantitative estimate of drug-likeness (QED) is 0.306. The predicted molar refractivity (Wildman–Crippen MR) is 181 cm³/mol. The largest absolute Gasteiger partial charge is 0.493 e. The number of hydrogen-bond acceptors (Lipinski definition) is 8. The van der Waals surface area contributed by atoms with Gasteiger partial charge in [-0.1, -0.05) is 56.7 Å². The molecule has 2 amide bonds. The Balaban J connectivity index is 1.57. The molecule has 250 valence electrons. The Morgan fingerprint density at radius 3 is 2.43 bits per heavy atom. The second-order valence-electron chi connectivity index (χ2n) is 12.2. The van der Waals surface area contributed by atoms with Gasteiger partial charge in [0.1, 0.15) is 12.1 Å². The molecule has 1 fully saturated rings. The Morgan fingerprint density at radius 1 is 1.02 bits per heavy atom. The van der Waals surface area contributed by atoms with Crippen molar-refractivity contribution in [2.45, 2.75) is 58.2 Å². The summed E-state index contributed by atoms with van der Waals surface area (Å²) in [5.41, 5.74) is 4.13. The van der Waals surface area contributed by atoms with Gasteiger partial charge in [0.15, 0.2) is 11.5 Å². The van der Waals surface area contributed by atoms with E-state index in [2.05, 4.69) is 10.6 Å². The van der Waals surface area contributed by atoms with Gasteiger partial charge in [0.2, 0.25) is 23.0 Å². The van der Waals surface area contributed by atoms with Crippen molar-refractivity contribution in [3.05, 3.63) is 81.5 Å². The van der Waals surface area contributed by atoms with Crippen LogP contribution in [0.4, 0.5) is 5.69 Å². The Kier molecular flexibility index (Phi) is 10.7. The number of carbonyl (C=O) groups is 2. The first-order valence-electron chi connectivity index (χ1n) is 16.2. The summed E-state index contributed by atoms with van der Waals surface area (Å²) in [7, 11) is 4.69. The van der Waals surface area contributed by atoms with Crippen LogP contribution >= 0.6 is 0 Å². The van der Waals surface area contributed by atoms with E-state index in [1.165, 1.54) is 6.92 Å². The molecule has 0 saturated carbocycles. The Morgan fingerprint density at radius 2 is 1.77 bits per heavy atom. The summed E-state index contributed by atoms with van der Waals surface area (Å²) in [6.07, 6.45) is 1.67. The van der Waals surface area contributed by atoms with E-state index >= 15 is 0 Å². The molecular weight excluding hydrogens is 598 g/mol. The number of benzene rings is 2. The summed E-state index contributed by atoms with van der Waals surface area (Å²) in [5.74, 6) is 1.11. The molecule has 1 aliphatic carbocycles. The molecule has 1 saturated heterocycles. The molecule has 0 spiro atoms. The fourth-order valence-corrected chi connectivity index (χ4v) is 6.59. The monoisotopic (exact) mass is 643 g/mol. The van der Waals surface area contributed by atoms with Gasteiger partial charge in [-0.2, -0.15) is 0 Å². The van der Waals surface area contributed by atoms with Crippen molar-refractivity contribution in [2.24, 2.45) is 5.92 Å². The van der Waals surface area contributed by atoms with E-state index < -0.39 is 12.1 Å². The SMILES string of the molecule is CC[C@@H](C)[C@H](Nc1ccc2c(cc1=O)[C@@H](NC(C)=O)CCc1cc(OC)c(OC)c(OC)c1-2)C(=O)N1CCOC(c2ccccc2)C1. The number of ether oxygens (including phenoxy) is 4. The first-order valence-corrected chi connectivity index (χ1v) is 16.2. The van der Waals surface area contributed by atoms with Crippen molar-refractivity contribution in [3.63, 3.8) is 0 Å². The number of anilines is 1. The topological polar surface area (TPSA) is 115 Å². The molecule has 2 N–H and O–H groups in total. The number of nitrogens with zero attached hydrogens (tertiary/aromatic N) is 1. The lowest BCUT2D eigenvalue weighted by Gasteiger charge is -2.37. The van der Waals surface area contributed by atoms with Crippen LogP contribution in [0.1, 0.15) is 62.4 Å². The molecule has 47 heavy (non-hydrogen) atoms. The molecule has 4 atom stereocenters. The standard InChI is InChI=1S/C37H45N3O7/c1-7-22(2)34(37(43)40-17-18-47-32(21-40)24-11-9-8-10-12-24)39-29-16-14-26-27(20-30(29)42)28(38-23(3)41)15-13-25-19-31(44-4)35(45-5)36(46-6)33(25)26/h8-12,14,16,19-20,22,28,32,34H,7,13,15,17-18,21H2,1-6H3,(H,38,41)(H,39,42)/t22-,28+,32?,34+/m1/s1. The van der Waals surface area contributed by atoms with Gasteiger partial charge in [0.25, 0.3) is 0 Å². The van der Waals surface area contributed by atoms with Gasteiger partial charge in [-0.3, -0.25) is 14.4 Å². The number of morpholine rings is 1. The van der Waals surface area contributed by atoms with Crippen LogP contribution in [0.5, 0.6) is 17.2 Å². The molecule has 2 aliphatic rings. The summed E-state index contributed by atoms with van der Waals surface area (Å²) in [4.78, 5) is 42.3. The molecule has 1 aliphatic heterocycles. The first kappa shape index (κ1) is 33.8. The number of hydrogen-bond donors (Lipinski definition) is 2. The van der Waals surface area contributed by atoms with Crippen LogP contribution in [0.2, 0.25) is 0 Å². The Hall–Kier alpha value is -4.57. The summed E-state index contributed by atoms with van der Waals surface area (Å²) in [6.45, 7) is 6.85. The molecule has 0 bridgehead atoms. The van der Waals surface area contributed by atoms with Gasteiger partial charge in [0.05, 0.1) is 46.2 Å². The highest BCUT2D eigenvalue weighted by atomic mass is 16.5. The lowest BCUT2D eigenvalue weighted by molar-refractivity contribution is -0.141. The molecule has 10 heteroatoms. The van der Waals surface area contributed by atoms with Crippen molar-refractivity contribution in [2.75, 3.05) is 46.3 Å². The average molecular weight is 644 g/mol. The zero-order chi connectivity index (χ0) is 33.7. The number of fused-ring (bicyclic) bond motifs is 3. The van der Waals surface area contributed by atoms with Crippen LogP contribution in [-0.4, -0.2) is 63.8 Å². The third kappa shape index (κ3) is 7.07. The highest BCUT2D eigenvalue weighted by Crippen LogP contribution is 2.50. The minimum absolute atomic E-state index is 0.0621. The van der Waals surface area contributed by atoms with Gasteiger partial charge in [-0.05, 0) is 59.2 Å². The van der Waals surface area contributed by atoms with E-state index in [1.807, 2.05) is 61.2 Å². The van der Waals surface area contributed by atoms with Crippen LogP contribution in [0.3, 0.4) is 0 Å². The maximum Gasteiger partial charge on any atom is 0.245 e. The highest BCUT2D eigenvalue weighted by Gasteiger charge is 2.34. The van der Waals surface area contributed by atoms with E-state index in [9.17, 15) is 14.4 Å². The maximum absolute atomic E-state index is 14.1. The number of carbonyl (C=O) groups excluding carboxylic acids is 2. The summed E-state index contributed by atoms with van der Waals surface area (Å²) in [6, 6.07) is 15.9. The normalized spacial score (nSPS) is 18.5. The molecule has 0 aromatic heterocycles. The summed E-state index contributed by atoms with van der Waals surface area (Å²) >= 11 is 0. The minimum Gasteiger partial charge on any atom is -0.493 e. The maximum atomic E-state index is 14.1. The van der Waals surface area contributed by atoms with Gasteiger partial charge >= 0.3 is 0 Å². The van der Waals surface area contributed by atoms with Gasteiger partial charge < -0.3 is 34.5 Å². The van der Waals surface area contributed by atoms with Crippen LogP contribution < -0.4 is 30.3 Å². The third-order valence-electron chi connectivity index (χ3n) is 9.26. The molecule has 3 aromatic carbocycles. The van der Waals surface area contributed by atoms with E-state index in [4.69, 9.17) is 18.9 Å². The smallest absolute Gasteiger partial charge is 0.245 e. The lowest BCUT2D eigenvalue weighted by atomic mass is 9.95. The molecule has 0 radical (unpaired) electrons. The number of aryl methyl sites for hydroxylation is 1. The van der Waals surface area contributed by atoms with Crippen LogP contribution in [0.15, 0.2) is 59.4 Å².